The maximum atomic E-state index is 11.9. The molecule has 0 fully saturated rings. The molecule has 0 saturated carbocycles. The number of urea groups is 1. The first kappa shape index (κ1) is 16.4. The summed E-state index contributed by atoms with van der Waals surface area (Å²) in [7, 11) is 0. The van der Waals surface area contributed by atoms with Crippen LogP contribution in [-0.2, 0) is 9.53 Å². The number of ether oxygens (including phenoxy) is 1. The van der Waals surface area contributed by atoms with Crippen LogP contribution in [0.15, 0.2) is 36.4 Å². The number of amides is 3. The Balaban J connectivity index is 1.90. The number of nitrogens with zero attached hydrogens (tertiary/aromatic N) is 1. The molecule has 0 aliphatic rings. The van der Waals surface area contributed by atoms with Crippen LogP contribution >= 0.6 is 0 Å². The number of esters is 1. The zero-order chi connectivity index (χ0) is 16.8. The minimum atomic E-state index is -0.727. The molecular formula is C16H17N3O4. The van der Waals surface area contributed by atoms with E-state index < -0.39 is 24.5 Å². The molecule has 120 valence electrons. The molecule has 1 heterocycles. The number of fused-ring (bicyclic) bond motifs is 1. The van der Waals surface area contributed by atoms with Crippen LogP contribution in [0.1, 0.15) is 24.3 Å². The molecule has 7 nitrogen and oxygen atoms in total. The van der Waals surface area contributed by atoms with Crippen molar-refractivity contribution >= 4 is 28.8 Å². The fourth-order valence-corrected chi connectivity index (χ4v) is 1.85. The quantitative estimate of drug-likeness (QED) is 0.836. The lowest BCUT2D eigenvalue weighted by molar-refractivity contribution is -0.123. The monoisotopic (exact) mass is 315 g/mol. The predicted octanol–water partition coefficient (Wildman–Crippen LogP) is 1.63. The lowest BCUT2D eigenvalue weighted by Gasteiger charge is -2.09. The van der Waals surface area contributed by atoms with Crippen molar-refractivity contribution in [2.45, 2.75) is 19.9 Å². The first-order chi connectivity index (χ1) is 11.0. The predicted molar refractivity (Wildman–Crippen MR) is 83.8 cm³/mol. The van der Waals surface area contributed by atoms with Crippen LogP contribution in [0.5, 0.6) is 0 Å². The summed E-state index contributed by atoms with van der Waals surface area (Å²) in [6.07, 6.45) is 0. The Labute approximate surface area is 133 Å². The summed E-state index contributed by atoms with van der Waals surface area (Å²) in [6.45, 7) is 2.96. The summed E-state index contributed by atoms with van der Waals surface area (Å²) >= 11 is 0. The van der Waals surface area contributed by atoms with E-state index in [-0.39, 0.29) is 11.7 Å². The zero-order valence-corrected chi connectivity index (χ0v) is 12.8. The molecule has 3 amide bonds. The largest absolute Gasteiger partial charge is 0.451 e. The second-order valence-corrected chi connectivity index (χ2v) is 5.14. The molecule has 1 aromatic carbocycles. The molecule has 2 N–H and O–H groups in total. The number of nitrogens with one attached hydrogen (secondary N) is 2. The Bertz CT molecular complexity index is 743. The van der Waals surface area contributed by atoms with Crippen molar-refractivity contribution in [3.63, 3.8) is 0 Å². The minimum absolute atomic E-state index is 0.100. The van der Waals surface area contributed by atoms with E-state index in [0.717, 1.165) is 5.39 Å². The fourth-order valence-electron chi connectivity index (χ4n) is 1.85. The molecule has 1 aromatic heterocycles. The number of hydrogen-bond donors (Lipinski definition) is 2. The average molecular weight is 315 g/mol. The number of hydrogen-bond acceptors (Lipinski definition) is 5. The van der Waals surface area contributed by atoms with E-state index in [1.807, 2.05) is 18.2 Å². The SMILES string of the molecule is CC(C)NC(=O)NC(=O)COC(=O)c1ccc2ccccc2n1. The highest BCUT2D eigenvalue weighted by Crippen LogP contribution is 2.12. The van der Waals surface area contributed by atoms with E-state index in [1.165, 1.54) is 6.07 Å². The molecule has 7 heteroatoms. The van der Waals surface area contributed by atoms with Gasteiger partial charge in [-0.1, -0.05) is 24.3 Å². The first-order valence-corrected chi connectivity index (χ1v) is 7.09. The fraction of sp³-hybridized carbons (Fsp3) is 0.250. The lowest BCUT2D eigenvalue weighted by Crippen LogP contribution is -2.44. The van der Waals surface area contributed by atoms with Crippen LogP contribution in [0.2, 0.25) is 0 Å². The molecule has 0 aliphatic heterocycles. The second-order valence-electron chi connectivity index (χ2n) is 5.14. The van der Waals surface area contributed by atoms with Gasteiger partial charge in [-0.05, 0) is 26.0 Å². The van der Waals surface area contributed by atoms with Crippen LogP contribution in [0, 0.1) is 0 Å². The average Bonchev–Trinajstić information content (AvgIpc) is 2.51. The molecule has 0 unspecified atom stereocenters. The van der Waals surface area contributed by atoms with Gasteiger partial charge in [0.2, 0.25) is 0 Å². The Morgan fingerprint density at radius 3 is 2.61 bits per heavy atom. The van der Waals surface area contributed by atoms with Gasteiger partial charge in [-0.3, -0.25) is 10.1 Å². The van der Waals surface area contributed by atoms with Gasteiger partial charge >= 0.3 is 12.0 Å². The lowest BCUT2D eigenvalue weighted by atomic mass is 10.2. The minimum Gasteiger partial charge on any atom is -0.451 e. The van der Waals surface area contributed by atoms with E-state index in [0.29, 0.717) is 5.52 Å². The molecule has 0 atom stereocenters. The molecule has 0 bridgehead atoms. The van der Waals surface area contributed by atoms with Gasteiger partial charge in [0.05, 0.1) is 5.52 Å². The maximum absolute atomic E-state index is 11.9. The van der Waals surface area contributed by atoms with Gasteiger partial charge in [-0.2, -0.15) is 0 Å². The van der Waals surface area contributed by atoms with Crippen LogP contribution in [0.4, 0.5) is 4.79 Å². The number of aromatic nitrogens is 1. The first-order valence-electron chi connectivity index (χ1n) is 7.09. The Morgan fingerprint density at radius 1 is 1.13 bits per heavy atom. The number of carbonyl (C=O) groups is 3. The highest BCUT2D eigenvalue weighted by atomic mass is 16.5. The van der Waals surface area contributed by atoms with Crippen molar-refractivity contribution in [1.82, 2.24) is 15.6 Å². The summed E-state index contributed by atoms with van der Waals surface area (Å²) in [5.74, 6) is -1.44. The summed E-state index contributed by atoms with van der Waals surface area (Å²) in [5, 5.41) is 5.45. The second kappa shape index (κ2) is 7.35. The molecule has 0 radical (unpaired) electrons. The molecule has 2 aromatic rings. The molecule has 0 aliphatic carbocycles. The van der Waals surface area contributed by atoms with Gasteiger partial charge in [0, 0.05) is 11.4 Å². The Hall–Kier alpha value is -2.96. The molecular weight excluding hydrogens is 298 g/mol. The molecule has 0 saturated heterocycles. The summed E-state index contributed by atoms with van der Waals surface area (Å²) in [6, 6.07) is 9.85. The zero-order valence-electron chi connectivity index (χ0n) is 12.8. The summed E-state index contributed by atoms with van der Waals surface area (Å²) in [5.41, 5.74) is 0.755. The number of imide groups is 1. The van der Waals surface area contributed by atoms with E-state index in [2.05, 4.69) is 15.6 Å². The molecule has 2 rings (SSSR count). The summed E-state index contributed by atoms with van der Waals surface area (Å²) in [4.78, 5) is 38.9. The normalized spacial score (nSPS) is 10.4. The molecule has 0 spiro atoms. The van der Waals surface area contributed by atoms with Gasteiger partial charge in [0.25, 0.3) is 5.91 Å². The smallest absolute Gasteiger partial charge is 0.357 e. The van der Waals surface area contributed by atoms with Crippen LogP contribution in [-0.4, -0.2) is 35.5 Å². The van der Waals surface area contributed by atoms with Crippen LogP contribution < -0.4 is 10.6 Å². The maximum Gasteiger partial charge on any atom is 0.357 e. The van der Waals surface area contributed by atoms with E-state index in [1.54, 1.807) is 26.0 Å². The number of pyridine rings is 1. The van der Waals surface area contributed by atoms with Gasteiger partial charge in [0.1, 0.15) is 5.69 Å². The molecule has 23 heavy (non-hydrogen) atoms. The third kappa shape index (κ3) is 4.77. The van der Waals surface area contributed by atoms with Crippen molar-refractivity contribution in [2.75, 3.05) is 6.61 Å². The summed E-state index contributed by atoms with van der Waals surface area (Å²) < 4.78 is 4.85. The van der Waals surface area contributed by atoms with Gasteiger partial charge in [-0.25, -0.2) is 14.6 Å². The third-order valence-electron chi connectivity index (χ3n) is 2.81. The van der Waals surface area contributed by atoms with Gasteiger partial charge in [0.15, 0.2) is 6.61 Å². The standard InChI is InChI=1S/C16H17N3O4/c1-10(2)17-16(22)19-14(20)9-23-15(21)13-8-7-11-5-3-4-6-12(11)18-13/h3-8,10H,9H2,1-2H3,(H2,17,19,20,22). The topological polar surface area (TPSA) is 97.4 Å². The van der Waals surface area contributed by atoms with Crippen molar-refractivity contribution in [1.29, 1.82) is 0 Å². The van der Waals surface area contributed by atoms with Gasteiger partial charge in [-0.15, -0.1) is 0 Å². The van der Waals surface area contributed by atoms with Crippen molar-refractivity contribution in [2.24, 2.45) is 0 Å². The van der Waals surface area contributed by atoms with Crippen molar-refractivity contribution in [3.8, 4) is 0 Å². The Kier molecular flexibility index (Phi) is 5.24. The Morgan fingerprint density at radius 2 is 1.87 bits per heavy atom. The van der Waals surface area contributed by atoms with Crippen molar-refractivity contribution in [3.05, 3.63) is 42.1 Å². The van der Waals surface area contributed by atoms with E-state index >= 15 is 0 Å². The van der Waals surface area contributed by atoms with E-state index in [9.17, 15) is 14.4 Å². The number of rotatable bonds is 4. The van der Waals surface area contributed by atoms with Gasteiger partial charge < -0.3 is 10.1 Å². The number of para-hydroxylation sites is 1. The van der Waals surface area contributed by atoms with Crippen LogP contribution in [0.3, 0.4) is 0 Å². The highest BCUT2D eigenvalue weighted by molar-refractivity contribution is 5.97. The number of benzene rings is 1. The highest BCUT2D eigenvalue weighted by Gasteiger charge is 2.14. The van der Waals surface area contributed by atoms with Crippen molar-refractivity contribution < 1.29 is 19.1 Å². The number of carbonyl (C=O) groups excluding carboxylic acids is 3. The van der Waals surface area contributed by atoms with Crippen LogP contribution in [0.25, 0.3) is 10.9 Å². The van der Waals surface area contributed by atoms with E-state index in [4.69, 9.17) is 4.74 Å². The third-order valence-corrected chi connectivity index (χ3v) is 2.81.